The molecule has 0 bridgehead atoms. The van der Waals surface area contributed by atoms with E-state index in [1.807, 2.05) is 20.8 Å². The van der Waals surface area contributed by atoms with Crippen LogP contribution in [0.1, 0.15) is 40.5 Å². The SMILES string of the molecule is CCN1CCC(N)CC1C(=O)OC(C)(C)C. The summed E-state index contributed by atoms with van der Waals surface area (Å²) in [6, 6.07) is -0.0340. The monoisotopic (exact) mass is 228 g/mol. The predicted octanol–water partition coefficient (Wildman–Crippen LogP) is 1.14. The summed E-state index contributed by atoms with van der Waals surface area (Å²) in [4.78, 5) is 14.2. The van der Waals surface area contributed by atoms with E-state index in [0.717, 1.165) is 19.5 Å². The van der Waals surface area contributed by atoms with E-state index in [2.05, 4.69) is 11.8 Å². The van der Waals surface area contributed by atoms with E-state index >= 15 is 0 Å². The minimum Gasteiger partial charge on any atom is -0.459 e. The number of likely N-dealkylation sites (tertiary alicyclic amines) is 1. The predicted molar refractivity (Wildman–Crippen MR) is 64.1 cm³/mol. The molecule has 94 valence electrons. The second kappa shape index (κ2) is 5.15. The molecule has 0 saturated carbocycles. The normalized spacial score (nSPS) is 27.8. The third-order valence-electron chi connectivity index (χ3n) is 2.84. The first-order valence-electron chi connectivity index (χ1n) is 6.06. The Hall–Kier alpha value is -0.610. The third-order valence-corrected chi connectivity index (χ3v) is 2.84. The van der Waals surface area contributed by atoms with Crippen LogP contribution >= 0.6 is 0 Å². The summed E-state index contributed by atoms with van der Waals surface area (Å²) in [5, 5.41) is 0. The zero-order valence-corrected chi connectivity index (χ0v) is 10.8. The Morgan fingerprint density at radius 1 is 1.50 bits per heavy atom. The van der Waals surface area contributed by atoms with E-state index in [4.69, 9.17) is 10.5 Å². The number of carbonyl (C=O) groups is 1. The minimum absolute atomic E-state index is 0.125. The van der Waals surface area contributed by atoms with Gasteiger partial charge in [0.2, 0.25) is 0 Å². The molecule has 16 heavy (non-hydrogen) atoms. The molecule has 0 aromatic heterocycles. The lowest BCUT2D eigenvalue weighted by molar-refractivity contribution is -0.163. The van der Waals surface area contributed by atoms with E-state index in [9.17, 15) is 4.79 Å². The van der Waals surface area contributed by atoms with Crippen LogP contribution in [-0.2, 0) is 9.53 Å². The number of likely N-dealkylation sites (N-methyl/N-ethyl adjacent to an activating group) is 1. The zero-order valence-electron chi connectivity index (χ0n) is 10.8. The summed E-state index contributed by atoms with van der Waals surface area (Å²) < 4.78 is 5.42. The maximum absolute atomic E-state index is 12.0. The van der Waals surface area contributed by atoms with Crippen molar-refractivity contribution in [3.05, 3.63) is 0 Å². The highest BCUT2D eigenvalue weighted by Gasteiger charge is 2.34. The molecule has 0 aromatic rings. The Bertz CT molecular complexity index is 248. The molecule has 2 unspecified atom stereocenters. The van der Waals surface area contributed by atoms with Crippen LogP contribution in [0, 0.1) is 0 Å². The molecule has 1 rings (SSSR count). The van der Waals surface area contributed by atoms with Gasteiger partial charge in [-0.25, -0.2) is 0 Å². The highest BCUT2D eigenvalue weighted by molar-refractivity contribution is 5.76. The average Bonchev–Trinajstić information content (AvgIpc) is 2.15. The van der Waals surface area contributed by atoms with Gasteiger partial charge in [0, 0.05) is 12.6 Å². The Morgan fingerprint density at radius 3 is 2.62 bits per heavy atom. The first kappa shape index (κ1) is 13.5. The first-order chi connectivity index (χ1) is 7.33. The Labute approximate surface area is 98.1 Å². The largest absolute Gasteiger partial charge is 0.459 e. The number of carbonyl (C=O) groups excluding carboxylic acids is 1. The molecular weight excluding hydrogens is 204 g/mol. The summed E-state index contributed by atoms with van der Waals surface area (Å²) in [5.74, 6) is -0.135. The Kier molecular flexibility index (Phi) is 4.33. The first-order valence-corrected chi connectivity index (χ1v) is 6.06. The van der Waals surface area contributed by atoms with Gasteiger partial charge in [-0.3, -0.25) is 9.69 Å². The van der Waals surface area contributed by atoms with Crippen molar-refractivity contribution in [2.24, 2.45) is 5.73 Å². The van der Waals surface area contributed by atoms with Gasteiger partial charge in [-0.05, 0) is 40.2 Å². The fourth-order valence-electron chi connectivity index (χ4n) is 2.03. The van der Waals surface area contributed by atoms with E-state index < -0.39 is 5.60 Å². The fraction of sp³-hybridized carbons (Fsp3) is 0.917. The lowest BCUT2D eigenvalue weighted by Gasteiger charge is -2.37. The van der Waals surface area contributed by atoms with Crippen molar-refractivity contribution in [1.82, 2.24) is 4.90 Å². The number of rotatable bonds is 2. The van der Waals surface area contributed by atoms with Gasteiger partial charge < -0.3 is 10.5 Å². The molecule has 1 heterocycles. The van der Waals surface area contributed by atoms with Gasteiger partial charge in [-0.2, -0.15) is 0 Å². The van der Waals surface area contributed by atoms with Crippen molar-refractivity contribution in [2.45, 2.75) is 58.2 Å². The second-order valence-electron chi connectivity index (χ2n) is 5.46. The van der Waals surface area contributed by atoms with E-state index in [0.29, 0.717) is 6.42 Å². The van der Waals surface area contributed by atoms with E-state index in [1.165, 1.54) is 0 Å². The van der Waals surface area contributed by atoms with Crippen LogP contribution in [0.5, 0.6) is 0 Å². The topological polar surface area (TPSA) is 55.6 Å². The smallest absolute Gasteiger partial charge is 0.323 e. The van der Waals surface area contributed by atoms with Crippen LogP contribution in [0.15, 0.2) is 0 Å². The van der Waals surface area contributed by atoms with Gasteiger partial charge in [0.1, 0.15) is 11.6 Å². The van der Waals surface area contributed by atoms with Gasteiger partial charge in [0.05, 0.1) is 0 Å². The zero-order chi connectivity index (χ0) is 12.3. The molecule has 0 radical (unpaired) electrons. The Morgan fingerprint density at radius 2 is 2.12 bits per heavy atom. The Balaban J connectivity index is 2.63. The minimum atomic E-state index is -0.419. The van der Waals surface area contributed by atoms with Crippen LogP contribution in [0.4, 0.5) is 0 Å². The van der Waals surface area contributed by atoms with Gasteiger partial charge in [-0.1, -0.05) is 6.92 Å². The van der Waals surface area contributed by atoms with Gasteiger partial charge in [-0.15, -0.1) is 0 Å². The highest BCUT2D eigenvalue weighted by Crippen LogP contribution is 2.19. The molecule has 4 heteroatoms. The number of nitrogens with two attached hydrogens (primary N) is 1. The van der Waals surface area contributed by atoms with E-state index in [1.54, 1.807) is 0 Å². The van der Waals surface area contributed by atoms with Crippen molar-refractivity contribution in [3.8, 4) is 0 Å². The lowest BCUT2D eigenvalue weighted by atomic mass is 9.98. The standard InChI is InChI=1S/C12H24N2O2/c1-5-14-7-6-9(13)8-10(14)11(15)16-12(2,3)4/h9-10H,5-8,13H2,1-4H3. The second-order valence-corrected chi connectivity index (χ2v) is 5.46. The summed E-state index contributed by atoms with van der Waals surface area (Å²) in [6.45, 7) is 9.50. The molecule has 0 aromatic carbocycles. The summed E-state index contributed by atoms with van der Waals surface area (Å²) in [7, 11) is 0. The maximum atomic E-state index is 12.0. The van der Waals surface area contributed by atoms with Gasteiger partial charge in [0.15, 0.2) is 0 Å². The van der Waals surface area contributed by atoms with Crippen molar-refractivity contribution in [3.63, 3.8) is 0 Å². The fourth-order valence-corrected chi connectivity index (χ4v) is 2.03. The van der Waals surface area contributed by atoms with Crippen molar-refractivity contribution < 1.29 is 9.53 Å². The molecule has 4 nitrogen and oxygen atoms in total. The van der Waals surface area contributed by atoms with Gasteiger partial charge in [0.25, 0.3) is 0 Å². The quantitative estimate of drug-likeness (QED) is 0.720. The number of nitrogens with zero attached hydrogens (tertiary/aromatic N) is 1. The van der Waals surface area contributed by atoms with Crippen LogP contribution in [0.25, 0.3) is 0 Å². The summed E-state index contributed by atoms with van der Waals surface area (Å²) in [6.07, 6.45) is 1.68. The van der Waals surface area contributed by atoms with Crippen molar-refractivity contribution in [1.29, 1.82) is 0 Å². The number of hydrogen-bond donors (Lipinski definition) is 1. The number of ether oxygens (including phenoxy) is 1. The molecule has 1 aliphatic heterocycles. The molecule has 2 atom stereocenters. The third kappa shape index (κ3) is 3.76. The van der Waals surface area contributed by atoms with Crippen molar-refractivity contribution in [2.75, 3.05) is 13.1 Å². The molecule has 0 amide bonds. The van der Waals surface area contributed by atoms with Gasteiger partial charge >= 0.3 is 5.97 Å². The van der Waals surface area contributed by atoms with Crippen LogP contribution in [0.3, 0.4) is 0 Å². The highest BCUT2D eigenvalue weighted by atomic mass is 16.6. The van der Waals surface area contributed by atoms with Crippen LogP contribution in [-0.4, -0.2) is 41.6 Å². The number of piperidine rings is 1. The average molecular weight is 228 g/mol. The molecular formula is C12H24N2O2. The molecule has 0 spiro atoms. The number of esters is 1. The summed E-state index contributed by atoms with van der Waals surface area (Å²) >= 11 is 0. The summed E-state index contributed by atoms with van der Waals surface area (Å²) in [5.41, 5.74) is 5.49. The molecule has 1 fully saturated rings. The van der Waals surface area contributed by atoms with Crippen LogP contribution in [0.2, 0.25) is 0 Å². The van der Waals surface area contributed by atoms with E-state index in [-0.39, 0.29) is 18.1 Å². The lowest BCUT2D eigenvalue weighted by Crippen LogP contribution is -2.52. The molecule has 1 saturated heterocycles. The molecule has 0 aliphatic carbocycles. The number of hydrogen-bond acceptors (Lipinski definition) is 4. The maximum Gasteiger partial charge on any atom is 0.323 e. The van der Waals surface area contributed by atoms with Crippen LogP contribution < -0.4 is 5.73 Å². The molecule has 1 aliphatic rings. The molecule has 2 N–H and O–H groups in total. The van der Waals surface area contributed by atoms with Crippen molar-refractivity contribution >= 4 is 5.97 Å².